The van der Waals surface area contributed by atoms with E-state index in [9.17, 15) is 33.2 Å². The van der Waals surface area contributed by atoms with E-state index in [1.54, 1.807) is 13.0 Å². The number of allylic oxidation sites excluding steroid dienone is 1. The SMILES string of the molecule is COC(=O)CC[C@H](NC(=O)c1ccc(-c2c3cc(F)c(=O)cc-3oc3cc(OC)c(F)cc23)c(C)c1)C(=O)NCCC(=O)NCCC(=O)O[C@H]1CC[C@@]2(C)C(=CCC3C4CCC([C@H](C)CCCC(C)C)[C@@]4(C)CCC32)C1. The first-order valence-corrected chi connectivity index (χ1v) is 27.6. The number of aryl methyl sites for hydroxylation is 1. The zero-order chi connectivity index (χ0) is 54.6. The number of carbonyl (C=O) groups is 5. The van der Waals surface area contributed by atoms with E-state index in [4.69, 9.17) is 18.6 Å². The highest BCUT2D eigenvalue weighted by molar-refractivity contribution is 6.04. The number of nitrogens with one attached hydrogen (secondary N) is 3. The van der Waals surface area contributed by atoms with Crippen LogP contribution in [0.15, 0.2) is 63.3 Å². The molecule has 410 valence electrons. The predicted octanol–water partition coefficient (Wildman–Crippen LogP) is 11.2. The van der Waals surface area contributed by atoms with Crippen LogP contribution in [0.5, 0.6) is 5.75 Å². The molecule has 6 aliphatic rings. The monoisotopic (exact) mass is 1050 g/mol. The molecule has 3 fully saturated rings. The zero-order valence-corrected chi connectivity index (χ0v) is 45.6. The number of esters is 2. The van der Waals surface area contributed by atoms with Crippen LogP contribution in [0.3, 0.4) is 0 Å². The van der Waals surface area contributed by atoms with Gasteiger partial charge in [0.15, 0.2) is 17.4 Å². The molecule has 4 unspecified atom stereocenters. The summed E-state index contributed by atoms with van der Waals surface area (Å²) in [5, 5.41) is 8.36. The second-order valence-electron chi connectivity index (χ2n) is 23.2. The molecule has 15 heteroatoms. The van der Waals surface area contributed by atoms with Crippen molar-refractivity contribution in [3.8, 4) is 28.2 Å². The minimum atomic E-state index is -1.20. The maximum Gasteiger partial charge on any atom is 0.307 e. The number of benzene rings is 3. The second-order valence-corrected chi connectivity index (χ2v) is 23.2. The second kappa shape index (κ2) is 23.6. The van der Waals surface area contributed by atoms with E-state index in [1.807, 2.05) is 0 Å². The normalized spacial score (nSPS) is 24.6. The summed E-state index contributed by atoms with van der Waals surface area (Å²) in [7, 11) is 2.51. The summed E-state index contributed by atoms with van der Waals surface area (Å²) < 4.78 is 51.7. The van der Waals surface area contributed by atoms with Crippen molar-refractivity contribution in [3.05, 3.63) is 87.1 Å². The number of hydrogen-bond acceptors (Lipinski definition) is 10. The van der Waals surface area contributed by atoms with Crippen molar-refractivity contribution < 1.29 is 51.4 Å². The van der Waals surface area contributed by atoms with Gasteiger partial charge in [-0.15, -0.1) is 0 Å². The minimum Gasteiger partial charge on any atom is -0.494 e. The van der Waals surface area contributed by atoms with Crippen molar-refractivity contribution >= 4 is 40.6 Å². The number of fused-ring (bicyclic) bond motifs is 7. The Bertz CT molecular complexity index is 2900. The molecule has 76 heavy (non-hydrogen) atoms. The Hall–Kier alpha value is -6.12. The van der Waals surface area contributed by atoms with Gasteiger partial charge in [-0.05, 0) is 140 Å². The van der Waals surface area contributed by atoms with Gasteiger partial charge in [0.2, 0.25) is 17.2 Å². The molecular formula is C61H77F2N3O10. The van der Waals surface area contributed by atoms with Gasteiger partial charge in [-0.2, -0.15) is 0 Å². The van der Waals surface area contributed by atoms with E-state index >= 15 is 4.39 Å². The molecule has 3 saturated carbocycles. The quantitative estimate of drug-likeness (QED) is 0.0438. The van der Waals surface area contributed by atoms with Crippen molar-refractivity contribution in [3.63, 3.8) is 0 Å². The highest BCUT2D eigenvalue weighted by Gasteiger charge is 2.59. The van der Waals surface area contributed by atoms with Gasteiger partial charge in [0, 0.05) is 66.6 Å². The molecule has 3 N–H and O–H groups in total. The number of ether oxygens (including phenoxy) is 3. The molecule has 9 atom stereocenters. The minimum absolute atomic E-state index is 0.0119. The third kappa shape index (κ3) is 11.9. The van der Waals surface area contributed by atoms with Crippen LogP contribution in [0.25, 0.3) is 33.4 Å². The average Bonchev–Trinajstić information content (AvgIpc) is 3.77. The largest absolute Gasteiger partial charge is 0.494 e. The van der Waals surface area contributed by atoms with Gasteiger partial charge >= 0.3 is 11.9 Å². The van der Waals surface area contributed by atoms with Crippen molar-refractivity contribution in [1.82, 2.24) is 16.0 Å². The van der Waals surface area contributed by atoms with Crippen molar-refractivity contribution in [1.29, 1.82) is 0 Å². The van der Waals surface area contributed by atoms with Crippen molar-refractivity contribution in [2.75, 3.05) is 27.3 Å². The Kier molecular flexibility index (Phi) is 17.4. The Morgan fingerprint density at radius 1 is 0.816 bits per heavy atom. The topological polar surface area (TPSA) is 179 Å². The summed E-state index contributed by atoms with van der Waals surface area (Å²) >= 11 is 0. The van der Waals surface area contributed by atoms with Gasteiger partial charge in [0.1, 0.15) is 23.5 Å². The lowest BCUT2D eigenvalue weighted by Gasteiger charge is -2.58. The van der Waals surface area contributed by atoms with E-state index in [2.05, 4.69) is 56.6 Å². The van der Waals surface area contributed by atoms with Crippen LogP contribution in [0.2, 0.25) is 0 Å². The summed E-state index contributed by atoms with van der Waals surface area (Å²) in [6.45, 7) is 14.0. The van der Waals surface area contributed by atoms with E-state index in [0.29, 0.717) is 28.0 Å². The summed E-state index contributed by atoms with van der Waals surface area (Å²) in [4.78, 5) is 77.6. The molecule has 0 radical (unpaired) electrons. The molecule has 0 aromatic heterocycles. The first-order valence-electron chi connectivity index (χ1n) is 27.6. The van der Waals surface area contributed by atoms with Gasteiger partial charge in [-0.1, -0.05) is 71.6 Å². The molecule has 5 aliphatic carbocycles. The lowest BCUT2D eigenvalue weighted by molar-refractivity contribution is -0.151. The summed E-state index contributed by atoms with van der Waals surface area (Å²) in [6.07, 6.45) is 15.0. The van der Waals surface area contributed by atoms with E-state index in [1.165, 1.54) is 89.0 Å². The van der Waals surface area contributed by atoms with Crippen LogP contribution in [0.1, 0.15) is 147 Å². The fraction of sp³-hybridized carbons (Fsp3) is 0.574. The number of rotatable bonds is 20. The third-order valence-corrected chi connectivity index (χ3v) is 18.2. The van der Waals surface area contributed by atoms with E-state index in [-0.39, 0.29) is 89.9 Å². The standard InChI is InChI=1S/C61H77F2N3O10/c1-34(2)10-9-11-35(3)44-16-17-45-41-15-13-38-29-39(20-24-60(38,5)46(41)21-25-61(44,45)6)75-56(70)23-27-64-54(68)22-26-65-59(72)49(18-19-55(69)74-8)66-58(71)37-12-14-40(36(4)28-37)57-42-30-47(62)50(67)32-51(42)76-52-33-53(73-7)48(63)31-43(52)57/h12-14,28,30-35,39,41,44-46,49H,9-11,15-27,29H2,1-8H3,(H,64,68)(H,65,72)(H,66,71)/t35-,39+,41?,44?,45?,46?,49+,60+,61-/m1/s1. The molecule has 1 heterocycles. The van der Waals surface area contributed by atoms with Gasteiger partial charge in [-0.3, -0.25) is 28.8 Å². The fourth-order valence-corrected chi connectivity index (χ4v) is 14.1. The molecule has 13 nitrogen and oxygen atoms in total. The zero-order valence-electron chi connectivity index (χ0n) is 45.6. The van der Waals surface area contributed by atoms with Crippen LogP contribution in [0, 0.1) is 64.9 Å². The molecule has 0 spiro atoms. The number of amides is 3. The van der Waals surface area contributed by atoms with Crippen LogP contribution < -0.4 is 26.1 Å². The van der Waals surface area contributed by atoms with Gasteiger partial charge in [0.05, 0.1) is 20.6 Å². The van der Waals surface area contributed by atoms with Crippen LogP contribution in [0.4, 0.5) is 8.78 Å². The van der Waals surface area contributed by atoms with Crippen molar-refractivity contribution in [2.45, 2.75) is 150 Å². The Morgan fingerprint density at radius 3 is 2.33 bits per heavy atom. The molecule has 0 bridgehead atoms. The Morgan fingerprint density at radius 2 is 1.59 bits per heavy atom. The number of hydrogen-bond donors (Lipinski definition) is 3. The lowest BCUT2D eigenvalue weighted by atomic mass is 9.47. The Labute approximate surface area is 445 Å². The maximum absolute atomic E-state index is 15.1. The molecular weight excluding hydrogens is 973 g/mol. The highest BCUT2D eigenvalue weighted by atomic mass is 19.1. The molecule has 1 aliphatic heterocycles. The van der Waals surface area contributed by atoms with Gasteiger partial charge < -0.3 is 34.6 Å². The molecule has 0 saturated heterocycles. The fourth-order valence-electron chi connectivity index (χ4n) is 14.1. The number of methoxy groups -OCH3 is 2. The highest BCUT2D eigenvalue weighted by Crippen LogP contribution is 2.67. The molecule has 2 aromatic rings. The first-order chi connectivity index (χ1) is 36.2. The molecule has 2 aromatic carbocycles. The third-order valence-electron chi connectivity index (χ3n) is 18.2. The van der Waals surface area contributed by atoms with Gasteiger partial charge in [-0.25, -0.2) is 8.78 Å². The van der Waals surface area contributed by atoms with Crippen LogP contribution in [-0.4, -0.2) is 69.1 Å². The Balaban J connectivity index is 0.813. The summed E-state index contributed by atoms with van der Waals surface area (Å²) in [5.74, 6) is 0.128. The first kappa shape index (κ1) is 56.1. The average molecular weight is 1050 g/mol. The maximum atomic E-state index is 15.1. The summed E-state index contributed by atoms with van der Waals surface area (Å²) in [6, 6.07) is 7.96. The van der Waals surface area contributed by atoms with Crippen molar-refractivity contribution in [2.24, 2.45) is 46.3 Å². The summed E-state index contributed by atoms with van der Waals surface area (Å²) in [5.41, 5.74) is 2.98. The van der Waals surface area contributed by atoms with E-state index in [0.717, 1.165) is 67.4 Å². The smallest absolute Gasteiger partial charge is 0.307 e. The number of carbonyl (C=O) groups excluding carboxylic acids is 5. The van der Waals surface area contributed by atoms with Crippen LogP contribution in [-0.2, 0) is 28.7 Å². The molecule has 8 rings (SSSR count). The van der Waals surface area contributed by atoms with Gasteiger partial charge in [0.25, 0.3) is 5.91 Å². The lowest BCUT2D eigenvalue weighted by Crippen LogP contribution is -2.51. The van der Waals surface area contributed by atoms with E-state index < -0.39 is 46.8 Å². The number of halogens is 2. The molecule has 3 amide bonds. The predicted molar refractivity (Wildman–Crippen MR) is 286 cm³/mol. The van der Waals surface area contributed by atoms with Crippen LogP contribution >= 0.6 is 0 Å².